The Morgan fingerprint density at radius 1 is 1.31 bits per heavy atom. The number of rotatable bonds is 5. The van der Waals surface area contributed by atoms with Crippen LogP contribution in [0.5, 0.6) is 0 Å². The van der Waals surface area contributed by atoms with Gasteiger partial charge in [0.2, 0.25) is 0 Å². The maximum atomic E-state index is 11.6. The fraction of sp³-hybridized carbons (Fsp3) is 0.364. The van der Waals surface area contributed by atoms with Crippen LogP contribution < -0.4 is 5.73 Å². The highest BCUT2D eigenvalue weighted by atomic mass is 32.2. The number of carbonyl (C=O) groups is 1. The zero-order chi connectivity index (χ0) is 12.2. The third-order valence-electron chi connectivity index (χ3n) is 2.22. The van der Waals surface area contributed by atoms with Crippen molar-refractivity contribution in [1.29, 1.82) is 0 Å². The lowest BCUT2D eigenvalue weighted by atomic mass is 10.0. The predicted octanol–water partition coefficient (Wildman–Crippen LogP) is 0.690. The Balaban J connectivity index is 2.62. The molecule has 0 fully saturated rings. The topological polar surface area (TPSA) is 77.2 Å². The minimum absolute atomic E-state index is 0.0328. The average Bonchev–Trinajstić information content (AvgIpc) is 2.25. The molecule has 2 N–H and O–H groups in total. The molecular weight excluding hydrogens is 226 g/mol. The molecule has 0 saturated carbocycles. The van der Waals surface area contributed by atoms with E-state index in [1.165, 1.54) is 0 Å². The maximum absolute atomic E-state index is 11.6. The van der Waals surface area contributed by atoms with E-state index >= 15 is 0 Å². The van der Waals surface area contributed by atoms with Crippen molar-refractivity contribution >= 4 is 15.6 Å². The second-order valence-corrected chi connectivity index (χ2v) is 5.99. The van der Waals surface area contributed by atoms with Crippen LogP contribution in [0.25, 0.3) is 0 Å². The van der Waals surface area contributed by atoms with Gasteiger partial charge in [-0.05, 0) is 5.56 Å². The first kappa shape index (κ1) is 12.9. The zero-order valence-electron chi connectivity index (χ0n) is 9.09. The second-order valence-electron chi connectivity index (χ2n) is 3.73. The van der Waals surface area contributed by atoms with Crippen molar-refractivity contribution < 1.29 is 13.2 Å². The van der Waals surface area contributed by atoms with Gasteiger partial charge >= 0.3 is 0 Å². The largest absolute Gasteiger partial charge is 0.318 e. The Morgan fingerprint density at radius 3 is 2.38 bits per heavy atom. The van der Waals surface area contributed by atoms with Crippen molar-refractivity contribution in [1.82, 2.24) is 0 Å². The highest BCUT2D eigenvalue weighted by molar-refractivity contribution is 7.90. The van der Waals surface area contributed by atoms with E-state index in [2.05, 4.69) is 0 Å². The summed E-state index contributed by atoms with van der Waals surface area (Å²) in [6.07, 6.45) is 1.07. The van der Waals surface area contributed by atoms with Crippen molar-refractivity contribution in [3.05, 3.63) is 35.9 Å². The summed E-state index contributed by atoms with van der Waals surface area (Å²) in [6, 6.07) is 8.18. The van der Waals surface area contributed by atoms with Gasteiger partial charge in [-0.15, -0.1) is 0 Å². The molecule has 0 saturated heterocycles. The van der Waals surface area contributed by atoms with E-state index in [-0.39, 0.29) is 18.0 Å². The van der Waals surface area contributed by atoms with Gasteiger partial charge in [0.05, 0.1) is 11.8 Å². The second kappa shape index (κ2) is 5.23. The summed E-state index contributed by atoms with van der Waals surface area (Å²) in [7, 11) is -3.11. The van der Waals surface area contributed by atoms with Gasteiger partial charge in [0.25, 0.3) is 0 Å². The molecule has 0 unspecified atom stereocenters. The van der Waals surface area contributed by atoms with Crippen molar-refractivity contribution in [3.8, 4) is 0 Å². The van der Waals surface area contributed by atoms with Crippen LogP contribution in [0.3, 0.4) is 0 Å². The van der Waals surface area contributed by atoms with Crippen LogP contribution in [0.1, 0.15) is 18.0 Å². The van der Waals surface area contributed by atoms with Crippen LogP contribution in [-0.2, 0) is 14.6 Å². The Morgan fingerprint density at radius 2 is 1.88 bits per heavy atom. The van der Waals surface area contributed by atoms with Crippen LogP contribution in [0.4, 0.5) is 0 Å². The minimum Gasteiger partial charge on any atom is -0.318 e. The molecule has 88 valence electrons. The molecule has 1 aromatic rings. The van der Waals surface area contributed by atoms with Gasteiger partial charge in [-0.2, -0.15) is 0 Å². The Bertz CT molecular complexity index is 453. The molecule has 5 heteroatoms. The molecule has 0 heterocycles. The number of benzene rings is 1. The SMILES string of the molecule is CS(=O)(=O)CCC(=O)[C@H](N)c1ccccc1. The van der Waals surface area contributed by atoms with Crippen molar-refractivity contribution in [2.75, 3.05) is 12.0 Å². The average molecular weight is 241 g/mol. The minimum atomic E-state index is -3.11. The summed E-state index contributed by atoms with van der Waals surface area (Å²) in [5, 5.41) is 0. The lowest BCUT2D eigenvalue weighted by Crippen LogP contribution is -2.23. The summed E-state index contributed by atoms with van der Waals surface area (Å²) in [6.45, 7) is 0. The lowest BCUT2D eigenvalue weighted by molar-refractivity contribution is -0.120. The molecule has 0 spiro atoms. The molecule has 1 aromatic carbocycles. The third-order valence-corrected chi connectivity index (χ3v) is 3.17. The molecule has 1 atom stereocenters. The number of nitrogens with two attached hydrogens (primary N) is 1. The van der Waals surface area contributed by atoms with Gasteiger partial charge in [-0.1, -0.05) is 30.3 Å². The van der Waals surface area contributed by atoms with Crippen molar-refractivity contribution in [2.45, 2.75) is 12.5 Å². The molecular formula is C11H15NO3S. The number of carbonyl (C=O) groups excluding carboxylic acids is 1. The molecule has 0 bridgehead atoms. The van der Waals surface area contributed by atoms with Crippen molar-refractivity contribution in [2.24, 2.45) is 5.73 Å². The fourth-order valence-corrected chi connectivity index (χ4v) is 1.86. The standard InChI is InChI=1S/C11H15NO3S/c1-16(14,15)8-7-10(13)11(12)9-5-3-2-4-6-9/h2-6,11H,7-8,12H2,1H3/t11-/m1/s1. The molecule has 0 aliphatic heterocycles. The Hall–Kier alpha value is -1.20. The van der Waals surface area contributed by atoms with Gasteiger partial charge in [0, 0.05) is 12.7 Å². The van der Waals surface area contributed by atoms with Gasteiger partial charge in [0.15, 0.2) is 5.78 Å². The molecule has 0 aliphatic carbocycles. The first-order valence-electron chi connectivity index (χ1n) is 4.91. The lowest BCUT2D eigenvalue weighted by Gasteiger charge is -2.10. The van der Waals surface area contributed by atoms with Crippen LogP contribution in [-0.4, -0.2) is 26.2 Å². The van der Waals surface area contributed by atoms with Gasteiger partial charge in [-0.3, -0.25) is 4.79 Å². The summed E-state index contributed by atoms with van der Waals surface area (Å²) in [4.78, 5) is 11.6. The molecule has 0 aliphatic rings. The summed E-state index contributed by atoms with van der Waals surface area (Å²) < 4.78 is 21.8. The summed E-state index contributed by atoms with van der Waals surface area (Å²) in [5.41, 5.74) is 6.43. The molecule has 0 radical (unpaired) electrons. The van der Waals surface area contributed by atoms with Crippen LogP contribution in [0, 0.1) is 0 Å². The molecule has 4 nitrogen and oxygen atoms in total. The Labute approximate surface area is 95.4 Å². The number of hydrogen-bond donors (Lipinski definition) is 1. The quantitative estimate of drug-likeness (QED) is 0.822. The molecule has 0 aromatic heterocycles. The van der Waals surface area contributed by atoms with E-state index in [9.17, 15) is 13.2 Å². The number of Topliss-reactive ketones (excluding diaryl/α,β-unsaturated/α-hetero) is 1. The van der Waals surface area contributed by atoms with E-state index in [1.807, 2.05) is 6.07 Å². The van der Waals surface area contributed by atoms with E-state index in [1.54, 1.807) is 24.3 Å². The fourth-order valence-electron chi connectivity index (χ4n) is 1.29. The maximum Gasteiger partial charge on any atom is 0.155 e. The van der Waals surface area contributed by atoms with Crippen LogP contribution >= 0.6 is 0 Å². The summed E-state index contributed by atoms with van der Waals surface area (Å²) in [5.74, 6) is -0.400. The number of ketones is 1. The number of hydrogen-bond acceptors (Lipinski definition) is 4. The molecule has 0 amide bonds. The molecule has 1 rings (SSSR count). The monoisotopic (exact) mass is 241 g/mol. The Kier molecular flexibility index (Phi) is 4.20. The van der Waals surface area contributed by atoms with Gasteiger partial charge in [-0.25, -0.2) is 8.42 Å². The summed E-state index contributed by atoms with van der Waals surface area (Å²) >= 11 is 0. The zero-order valence-corrected chi connectivity index (χ0v) is 9.91. The van der Waals surface area contributed by atoms with Crippen molar-refractivity contribution in [3.63, 3.8) is 0 Å². The van der Waals surface area contributed by atoms with E-state index in [4.69, 9.17) is 5.73 Å². The number of sulfone groups is 1. The van der Waals surface area contributed by atoms with E-state index < -0.39 is 15.9 Å². The van der Waals surface area contributed by atoms with Crippen LogP contribution in [0.15, 0.2) is 30.3 Å². The first-order chi connectivity index (χ1) is 7.40. The highest BCUT2D eigenvalue weighted by Gasteiger charge is 2.16. The van der Waals surface area contributed by atoms with Gasteiger partial charge < -0.3 is 5.73 Å². The third kappa shape index (κ3) is 4.12. The first-order valence-corrected chi connectivity index (χ1v) is 6.97. The van der Waals surface area contributed by atoms with Crippen LogP contribution in [0.2, 0.25) is 0 Å². The van der Waals surface area contributed by atoms with E-state index in [0.717, 1.165) is 6.26 Å². The van der Waals surface area contributed by atoms with E-state index in [0.29, 0.717) is 5.56 Å². The highest BCUT2D eigenvalue weighted by Crippen LogP contribution is 2.12. The van der Waals surface area contributed by atoms with Gasteiger partial charge in [0.1, 0.15) is 9.84 Å². The normalized spacial score (nSPS) is 13.4. The molecule has 16 heavy (non-hydrogen) atoms. The predicted molar refractivity (Wildman–Crippen MR) is 62.7 cm³/mol. The smallest absolute Gasteiger partial charge is 0.155 e.